The van der Waals surface area contributed by atoms with E-state index >= 15 is 0 Å². The van der Waals surface area contributed by atoms with Gasteiger partial charge in [0.1, 0.15) is 5.82 Å². The van der Waals surface area contributed by atoms with Crippen molar-refractivity contribution >= 4 is 17.2 Å². The lowest BCUT2D eigenvalue weighted by atomic mass is 10.2. The molecular formula is C18H20F2N2O2S. The predicted molar refractivity (Wildman–Crippen MR) is 92.7 cm³/mol. The molecule has 7 heteroatoms. The van der Waals surface area contributed by atoms with E-state index in [2.05, 4.69) is 16.3 Å². The molecule has 0 saturated carbocycles. The zero-order valence-corrected chi connectivity index (χ0v) is 14.5. The maximum Gasteiger partial charge on any atom is 0.258 e. The Balaban J connectivity index is 1.53. The minimum Gasteiger partial charge on any atom is -0.481 e. The molecule has 1 atom stereocenters. The lowest BCUT2D eigenvalue weighted by Gasteiger charge is -2.26. The SMILES string of the molecule is O=C(COc1ccc(F)cc1F)NCC(c1cccs1)N1CCCC1. The fourth-order valence-electron chi connectivity index (χ4n) is 2.94. The first-order chi connectivity index (χ1) is 12.1. The van der Waals surface area contributed by atoms with Gasteiger partial charge in [-0.15, -0.1) is 11.3 Å². The van der Waals surface area contributed by atoms with Gasteiger partial charge in [-0.05, 0) is 49.5 Å². The zero-order valence-electron chi connectivity index (χ0n) is 13.7. The van der Waals surface area contributed by atoms with Gasteiger partial charge < -0.3 is 10.1 Å². The maximum atomic E-state index is 13.5. The van der Waals surface area contributed by atoms with Crippen molar-refractivity contribution in [1.82, 2.24) is 10.2 Å². The van der Waals surface area contributed by atoms with Gasteiger partial charge in [0.25, 0.3) is 5.91 Å². The summed E-state index contributed by atoms with van der Waals surface area (Å²) in [7, 11) is 0. The molecule has 0 spiro atoms. The summed E-state index contributed by atoms with van der Waals surface area (Å²) in [5, 5.41) is 4.88. The van der Waals surface area contributed by atoms with Crippen molar-refractivity contribution in [2.45, 2.75) is 18.9 Å². The molecule has 2 heterocycles. The van der Waals surface area contributed by atoms with Crippen LogP contribution in [0.3, 0.4) is 0 Å². The highest BCUT2D eigenvalue weighted by atomic mass is 32.1. The van der Waals surface area contributed by atoms with Crippen molar-refractivity contribution < 1.29 is 18.3 Å². The number of hydrogen-bond donors (Lipinski definition) is 1. The quantitative estimate of drug-likeness (QED) is 0.817. The Labute approximate surface area is 149 Å². The molecule has 0 bridgehead atoms. The molecule has 1 aromatic heterocycles. The minimum atomic E-state index is -0.818. The van der Waals surface area contributed by atoms with Gasteiger partial charge in [-0.1, -0.05) is 6.07 Å². The van der Waals surface area contributed by atoms with Crippen LogP contribution in [0.2, 0.25) is 0 Å². The van der Waals surface area contributed by atoms with E-state index in [1.54, 1.807) is 11.3 Å². The summed E-state index contributed by atoms with van der Waals surface area (Å²) in [6.45, 7) is 2.22. The summed E-state index contributed by atoms with van der Waals surface area (Å²) < 4.78 is 31.5. The minimum absolute atomic E-state index is 0.133. The number of amides is 1. The maximum absolute atomic E-state index is 13.5. The number of hydrogen-bond acceptors (Lipinski definition) is 4. The second-order valence-corrected chi connectivity index (χ2v) is 6.92. The molecule has 4 nitrogen and oxygen atoms in total. The van der Waals surface area contributed by atoms with E-state index in [1.807, 2.05) is 11.4 Å². The molecule has 0 aliphatic carbocycles. The van der Waals surface area contributed by atoms with Crippen molar-refractivity contribution in [3.05, 3.63) is 52.2 Å². The zero-order chi connectivity index (χ0) is 17.6. The standard InChI is InChI=1S/C18H20F2N2O2S/c19-13-5-6-16(14(20)10-13)24-12-18(23)21-11-15(17-4-3-9-25-17)22-7-1-2-8-22/h3-6,9-10,15H,1-2,7-8,11-12H2,(H,21,23). The number of ether oxygens (including phenoxy) is 1. The summed E-state index contributed by atoms with van der Waals surface area (Å²) in [5.41, 5.74) is 0. The van der Waals surface area contributed by atoms with Crippen LogP contribution < -0.4 is 10.1 Å². The number of thiophene rings is 1. The Morgan fingerprint density at radius 3 is 2.76 bits per heavy atom. The van der Waals surface area contributed by atoms with E-state index in [0.29, 0.717) is 6.54 Å². The van der Waals surface area contributed by atoms with Crippen molar-refractivity contribution in [3.8, 4) is 5.75 Å². The number of rotatable bonds is 7. The second kappa shape index (κ2) is 8.40. The van der Waals surface area contributed by atoms with Crippen molar-refractivity contribution in [1.29, 1.82) is 0 Å². The van der Waals surface area contributed by atoms with Crippen molar-refractivity contribution in [3.63, 3.8) is 0 Å². The number of benzene rings is 1. The third-order valence-corrected chi connectivity index (χ3v) is 5.17. The molecule has 0 radical (unpaired) electrons. The first-order valence-corrected chi connectivity index (χ1v) is 9.13. The Bertz CT molecular complexity index is 703. The fourth-order valence-corrected chi connectivity index (χ4v) is 3.80. The Kier molecular flexibility index (Phi) is 5.99. The van der Waals surface area contributed by atoms with E-state index in [0.717, 1.165) is 25.2 Å². The number of likely N-dealkylation sites (tertiary alicyclic amines) is 1. The molecular weight excluding hydrogens is 346 g/mol. The normalized spacial score (nSPS) is 15.9. The highest BCUT2D eigenvalue weighted by molar-refractivity contribution is 7.10. The number of carbonyl (C=O) groups excluding carboxylic acids is 1. The highest BCUT2D eigenvalue weighted by Gasteiger charge is 2.24. The van der Waals surface area contributed by atoms with E-state index in [-0.39, 0.29) is 24.3 Å². The summed E-state index contributed by atoms with van der Waals surface area (Å²) in [5.74, 6) is -1.96. The Morgan fingerprint density at radius 1 is 1.28 bits per heavy atom. The van der Waals surface area contributed by atoms with Crippen LogP contribution in [0, 0.1) is 11.6 Å². The summed E-state index contributed by atoms with van der Waals surface area (Å²) >= 11 is 1.67. The topological polar surface area (TPSA) is 41.6 Å². The Morgan fingerprint density at radius 2 is 2.08 bits per heavy atom. The van der Waals surface area contributed by atoms with Crippen LogP contribution in [0.5, 0.6) is 5.75 Å². The van der Waals surface area contributed by atoms with Gasteiger partial charge in [0.15, 0.2) is 18.2 Å². The van der Waals surface area contributed by atoms with Gasteiger partial charge in [-0.25, -0.2) is 8.78 Å². The van der Waals surface area contributed by atoms with Crippen LogP contribution in [0.15, 0.2) is 35.7 Å². The lowest BCUT2D eigenvalue weighted by molar-refractivity contribution is -0.123. The van der Waals surface area contributed by atoms with Gasteiger partial charge in [-0.3, -0.25) is 9.69 Å². The molecule has 3 rings (SSSR count). The first-order valence-electron chi connectivity index (χ1n) is 8.25. The number of halogens is 2. The van der Waals surface area contributed by atoms with Crippen LogP contribution in [-0.4, -0.2) is 37.0 Å². The molecule has 1 saturated heterocycles. The average Bonchev–Trinajstić information content (AvgIpc) is 3.28. The summed E-state index contributed by atoms with van der Waals surface area (Å²) in [6.07, 6.45) is 2.34. The second-order valence-electron chi connectivity index (χ2n) is 5.94. The van der Waals surface area contributed by atoms with Gasteiger partial charge in [-0.2, -0.15) is 0 Å². The van der Waals surface area contributed by atoms with Gasteiger partial charge >= 0.3 is 0 Å². The van der Waals surface area contributed by atoms with E-state index in [9.17, 15) is 13.6 Å². The lowest BCUT2D eigenvalue weighted by Crippen LogP contribution is -2.38. The van der Waals surface area contributed by atoms with E-state index in [1.165, 1.54) is 23.8 Å². The number of carbonyl (C=O) groups is 1. The highest BCUT2D eigenvalue weighted by Crippen LogP contribution is 2.27. The van der Waals surface area contributed by atoms with Crippen LogP contribution in [0.1, 0.15) is 23.8 Å². The molecule has 1 aliphatic rings. The fraction of sp³-hybridized carbons (Fsp3) is 0.389. The summed E-state index contributed by atoms with van der Waals surface area (Å²) in [6, 6.07) is 7.23. The largest absolute Gasteiger partial charge is 0.481 e. The van der Waals surface area contributed by atoms with Crippen molar-refractivity contribution in [2.75, 3.05) is 26.2 Å². The van der Waals surface area contributed by atoms with Gasteiger partial charge in [0, 0.05) is 17.5 Å². The number of nitrogens with zero attached hydrogens (tertiary/aromatic N) is 1. The first kappa shape index (κ1) is 17.8. The van der Waals surface area contributed by atoms with Crippen LogP contribution in [0.4, 0.5) is 8.78 Å². The molecule has 1 aromatic carbocycles. The predicted octanol–water partition coefficient (Wildman–Crippen LogP) is 3.36. The van der Waals surface area contributed by atoms with Crippen LogP contribution in [-0.2, 0) is 4.79 Å². The van der Waals surface area contributed by atoms with Gasteiger partial charge in [0.2, 0.25) is 0 Å². The Hall–Kier alpha value is -1.99. The van der Waals surface area contributed by atoms with E-state index < -0.39 is 11.6 Å². The third kappa shape index (κ3) is 4.76. The molecule has 1 N–H and O–H groups in total. The number of nitrogens with one attached hydrogen (secondary N) is 1. The van der Waals surface area contributed by atoms with Crippen LogP contribution >= 0.6 is 11.3 Å². The molecule has 1 aliphatic heterocycles. The molecule has 25 heavy (non-hydrogen) atoms. The molecule has 1 unspecified atom stereocenters. The average molecular weight is 366 g/mol. The third-order valence-electron chi connectivity index (χ3n) is 4.20. The molecule has 2 aromatic rings. The smallest absolute Gasteiger partial charge is 0.258 e. The molecule has 134 valence electrons. The monoisotopic (exact) mass is 366 g/mol. The summed E-state index contributed by atoms with van der Waals surface area (Å²) in [4.78, 5) is 15.6. The van der Waals surface area contributed by atoms with Gasteiger partial charge in [0.05, 0.1) is 6.04 Å². The molecule has 1 amide bonds. The molecule has 1 fully saturated rings. The van der Waals surface area contributed by atoms with Crippen LogP contribution in [0.25, 0.3) is 0 Å². The van der Waals surface area contributed by atoms with Crippen molar-refractivity contribution in [2.24, 2.45) is 0 Å². The van der Waals surface area contributed by atoms with E-state index in [4.69, 9.17) is 4.74 Å².